The van der Waals surface area contributed by atoms with Crippen molar-refractivity contribution in [3.8, 4) is 6.07 Å². The van der Waals surface area contributed by atoms with E-state index in [1.165, 1.54) is 0 Å². The Bertz CT molecular complexity index is 482. The van der Waals surface area contributed by atoms with Crippen molar-refractivity contribution >= 4 is 27.5 Å². The van der Waals surface area contributed by atoms with Crippen molar-refractivity contribution in [2.75, 3.05) is 11.9 Å². The van der Waals surface area contributed by atoms with Crippen molar-refractivity contribution in [1.29, 1.82) is 5.26 Å². The molecule has 0 fully saturated rings. The third kappa shape index (κ3) is 5.41. The molecular weight excluding hydrogens is 306 g/mol. The maximum absolute atomic E-state index is 11.8. The Morgan fingerprint density at radius 3 is 2.89 bits per heavy atom. The first-order chi connectivity index (χ1) is 9.06. The van der Waals surface area contributed by atoms with E-state index in [1.807, 2.05) is 0 Å². The van der Waals surface area contributed by atoms with Crippen LogP contribution in [0.1, 0.15) is 31.7 Å². The number of nitrogens with two attached hydrogens (primary N) is 1. The average molecular weight is 324 g/mol. The lowest BCUT2D eigenvalue weighted by Gasteiger charge is -2.10. The van der Waals surface area contributed by atoms with E-state index in [1.54, 1.807) is 18.2 Å². The van der Waals surface area contributed by atoms with Crippen molar-refractivity contribution in [3.63, 3.8) is 0 Å². The highest BCUT2D eigenvalue weighted by Gasteiger charge is 2.09. The largest absolute Gasteiger partial charge is 0.330 e. The van der Waals surface area contributed by atoms with Crippen molar-refractivity contribution in [3.05, 3.63) is 28.2 Å². The summed E-state index contributed by atoms with van der Waals surface area (Å²) < 4.78 is 0.818. The second-order valence-electron chi connectivity index (χ2n) is 4.57. The molecule has 0 spiro atoms. The minimum atomic E-state index is -0.0670. The molecule has 0 saturated carbocycles. The van der Waals surface area contributed by atoms with Gasteiger partial charge in [0, 0.05) is 10.9 Å². The van der Waals surface area contributed by atoms with Gasteiger partial charge in [-0.2, -0.15) is 5.26 Å². The van der Waals surface area contributed by atoms with E-state index in [0.29, 0.717) is 30.1 Å². The standard InChI is InChI=1S/C14H18BrN3O/c1-10(6-7-16)2-5-14(19)18-13-4-3-12(15)8-11(13)9-17/h3-4,8,10H,2,5-7,16H2,1H3,(H,18,19). The first-order valence-corrected chi connectivity index (χ1v) is 7.05. The van der Waals surface area contributed by atoms with Gasteiger partial charge in [-0.1, -0.05) is 22.9 Å². The van der Waals surface area contributed by atoms with E-state index in [4.69, 9.17) is 11.0 Å². The van der Waals surface area contributed by atoms with Crippen LogP contribution in [0.25, 0.3) is 0 Å². The lowest BCUT2D eigenvalue weighted by Crippen LogP contribution is -2.14. The van der Waals surface area contributed by atoms with Gasteiger partial charge in [0.05, 0.1) is 11.3 Å². The topological polar surface area (TPSA) is 78.9 Å². The lowest BCUT2D eigenvalue weighted by atomic mass is 10.0. The Balaban J connectivity index is 2.56. The van der Waals surface area contributed by atoms with E-state index in [0.717, 1.165) is 17.3 Å². The predicted octanol–water partition coefficient (Wildman–Crippen LogP) is 3.02. The molecule has 102 valence electrons. The summed E-state index contributed by atoms with van der Waals surface area (Å²) in [6.07, 6.45) is 2.18. The second-order valence-corrected chi connectivity index (χ2v) is 5.49. The Morgan fingerprint density at radius 1 is 1.53 bits per heavy atom. The van der Waals surface area contributed by atoms with E-state index < -0.39 is 0 Å². The van der Waals surface area contributed by atoms with E-state index in [2.05, 4.69) is 34.2 Å². The molecule has 4 nitrogen and oxygen atoms in total. The summed E-state index contributed by atoms with van der Waals surface area (Å²) in [6.45, 7) is 2.73. The maximum Gasteiger partial charge on any atom is 0.224 e. The molecule has 1 atom stereocenters. The SMILES string of the molecule is CC(CCN)CCC(=O)Nc1ccc(Br)cc1C#N. The number of benzene rings is 1. The fourth-order valence-electron chi connectivity index (χ4n) is 1.74. The zero-order valence-electron chi connectivity index (χ0n) is 10.9. The van der Waals surface area contributed by atoms with Crippen LogP contribution >= 0.6 is 15.9 Å². The summed E-state index contributed by atoms with van der Waals surface area (Å²) in [6, 6.07) is 7.28. The molecule has 1 aromatic carbocycles. The van der Waals surface area contributed by atoms with Crippen molar-refractivity contribution in [2.45, 2.75) is 26.2 Å². The van der Waals surface area contributed by atoms with Gasteiger partial charge in [0.15, 0.2) is 0 Å². The molecule has 1 rings (SSSR count). The van der Waals surface area contributed by atoms with Gasteiger partial charge >= 0.3 is 0 Å². The van der Waals surface area contributed by atoms with Crippen LogP contribution in [0.2, 0.25) is 0 Å². The van der Waals surface area contributed by atoms with E-state index in [-0.39, 0.29) is 5.91 Å². The highest BCUT2D eigenvalue weighted by molar-refractivity contribution is 9.10. The third-order valence-electron chi connectivity index (χ3n) is 2.90. The maximum atomic E-state index is 11.8. The van der Waals surface area contributed by atoms with E-state index >= 15 is 0 Å². The monoisotopic (exact) mass is 323 g/mol. The first kappa shape index (κ1) is 15.7. The number of carbonyl (C=O) groups is 1. The molecule has 0 aromatic heterocycles. The van der Waals surface area contributed by atoms with Gasteiger partial charge in [0.1, 0.15) is 6.07 Å². The number of nitrogens with zero attached hydrogens (tertiary/aromatic N) is 1. The fraction of sp³-hybridized carbons (Fsp3) is 0.429. The zero-order valence-corrected chi connectivity index (χ0v) is 12.5. The average Bonchev–Trinajstić information content (AvgIpc) is 2.39. The third-order valence-corrected chi connectivity index (χ3v) is 3.39. The molecule has 1 aromatic rings. The summed E-state index contributed by atoms with van der Waals surface area (Å²) in [4.78, 5) is 11.8. The highest BCUT2D eigenvalue weighted by atomic mass is 79.9. The molecular formula is C14H18BrN3O. The number of rotatable bonds is 6. The van der Waals surface area contributed by atoms with Gasteiger partial charge < -0.3 is 11.1 Å². The molecule has 19 heavy (non-hydrogen) atoms. The minimum absolute atomic E-state index is 0.0670. The Labute approximate surface area is 122 Å². The highest BCUT2D eigenvalue weighted by Crippen LogP contribution is 2.20. The number of nitrogens with one attached hydrogen (secondary N) is 1. The normalized spacial score (nSPS) is 11.7. The molecule has 0 bridgehead atoms. The van der Waals surface area contributed by atoms with Gasteiger partial charge in [-0.15, -0.1) is 0 Å². The van der Waals surface area contributed by atoms with Crippen LogP contribution in [-0.4, -0.2) is 12.5 Å². The molecule has 0 heterocycles. The van der Waals surface area contributed by atoms with Crippen LogP contribution in [0, 0.1) is 17.2 Å². The molecule has 0 aliphatic heterocycles. The molecule has 1 amide bonds. The number of carbonyl (C=O) groups excluding carboxylic acids is 1. The second kappa shape index (κ2) is 7.93. The van der Waals surface area contributed by atoms with Crippen LogP contribution in [0.15, 0.2) is 22.7 Å². The van der Waals surface area contributed by atoms with Crippen molar-refractivity contribution in [1.82, 2.24) is 0 Å². The fourth-order valence-corrected chi connectivity index (χ4v) is 2.10. The predicted molar refractivity (Wildman–Crippen MR) is 79.6 cm³/mol. The van der Waals surface area contributed by atoms with Crippen molar-refractivity contribution in [2.24, 2.45) is 11.7 Å². The minimum Gasteiger partial charge on any atom is -0.330 e. The van der Waals surface area contributed by atoms with Gasteiger partial charge in [-0.25, -0.2) is 0 Å². The number of halogens is 1. The van der Waals surface area contributed by atoms with E-state index in [9.17, 15) is 4.79 Å². The number of amides is 1. The molecule has 1 unspecified atom stereocenters. The number of hydrogen-bond acceptors (Lipinski definition) is 3. The van der Waals surface area contributed by atoms with Crippen LogP contribution in [0.4, 0.5) is 5.69 Å². The number of anilines is 1. The first-order valence-electron chi connectivity index (χ1n) is 6.26. The van der Waals surface area contributed by atoms with Crippen LogP contribution in [-0.2, 0) is 4.79 Å². The number of hydrogen-bond donors (Lipinski definition) is 2. The Morgan fingerprint density at radius 2 is 2.26 bits per heavy atom. The molecule has 0 radical (unpaired) electrons. The summed E-state index contributed by atoms with van der Waals surface area (Å²) in [5.41, 5.74) is 6.48. The summed E-state index contributed by atoms with van der Waals surface area (Å²) in [7, 11) is 0. The van der Waals surface area contributed by atoms with Gasteiger partial charge in [-0.3, -0.25) is 4.79 Å². The molecule has 5 heteroatoms. The quantitative estimate of drug-likeness (QED) is 0.844. The van der Waals surface area contributed by atoms with Crippen molar-refractivity contribution < 1.29 is 4.79 Å². The smallest absolute Gasteiger partial charge is 0.224 e. The van der Waals surface area contributed by atoms with Gasteiger partial charge in [0.25, 0.3) is 0 Å². The van der Waals surface area contributed by atoms with Gasteiger partial charge in [0.2, 0.25) is 5.91 Å². The summed E-state index contributed by atoms with van der Waals surface area (Å²) >= 11 is 3.29. The summed E-state index contributed by atoms with van der Waals surface area (Å²) in [5, 5.41) is 11.8. The van der Waals surface area contributed by atoms with Crippen LogP contribution < -0.4 is 11.1 Å². The van der Waals surface area contributed by atoms with Gasteiger partial charge in [-0.05, 0) is 43.5 Å². The van der Waals surface area contributed by atoms with Crippen LogP contribution in [0.3, 0.4) is 0 Å². The molecule has 0 saturated heterocycles. The molecule has 0 aliphatic rings. The molecule has 0 aliphatic carbocycles. The lowest BCUT2D eigenvalue weighted by molar-refractivity contribution is -0.116. The Kier molecular flexibility index (Phi) is 6.54. The summed E-state index contributed by atoms with van der Waals surface area (Å²) in [5.74, 6) is 0.374. The molecule has 3 N–H and O–H groups in total. The van der Waals surface area contributed by atoms with Crippen LogP contribution in [0.5, 0.6) is 0 Å². The zero-order chi connectivity index (χ0) is 14.3. The Hall–Kier alpha value is -1.38. The number of nitriles is 1.